The van der Waals surface area contributed by atoms with Crippen LogP contribution in [0.15, 0.2) is 23.1 Å². The average Bonchev–Trinajstić information content (AvgIpc) is 2.45. The summed E-state index contributed by atoms with van der Waals surface area (Å²) in [6.07, 6.45) is -0.163. The molecule has 21 heavy (non-hydrogen) atoms. The largest absolute Gasteiger partial charge is 0.495 e. The second kappa shape index (κ2) is 6.93. The molecule has 1 heterocycles. The molecule has 6 nitrogen and oxygen atoms in total. The number of sulfonamides is 1. The van der Waals surface area contributed by atoms with Gasteiger partial charge in [-0.25, -0.2) is 13.1 Å². The smallest absolute Gasteiger partial charge is 0.244 e. The van der Waals surface area contributed by atoms with E-state index in [0.717, 1.165) is 6.54 Å². The maximum Gasteiger partial charge on any atom is 0.244 e. The zero-order chi connectivity index (χ0) is 15.5. The van der Waals surface area contributed by atoms with Crippen molar-refractivity contribution >= 4 is 21.6 Å². The second-order valence-electron chi connectivity index (χ2n) is 4.90. The lowest BCUT2D eigenvalue weighted by Gasteiger charge is -2.30. The maximum absolute atomic E-state index is 12.4. The number of nitrogens with zero attached hydrogens (tertiary/aromatic N) is 1. The van der Waals surface area contributed by atoms with Gasteiger partial charge in [0, 0.05) is 24.7 Å². The van der Waals surface area contributed by atoms with Crippen molar-refractivity contribution in [3.8, 4) is 5.75 Å². The molecule has 1 aromatic rings. The van der Waals surface area contributed by atoms with E-state index in [2.05, 4.69) is 9.62 Å². The van der Waals surface area contributed by atoms with Crippen LogP contribution < -0.4 is 9.46 Å². The van der Waals surface area contributed by atoms with Gasteiger partial charge in [0.1, 0.15) is 10.6 Å². The van der Waals surface area contributed by atoms with Gasteiger partial charge in [0.2, 0.25) is 10.0 Å². The summed E-state index contributed by atoms with van der Waals surface area (Å²) >= 11 is 5.87. The highest BCUT2D eigenvalue weighted by atomic mass is 35.5. The Labute approximate surface area is 130 Å². The Bertz CT molecular complexity index is 594. The molecular weight excluding hydrogens is 316 g/mol. The number of methoxy groups -OCH3 is 1. The molecule has 118 valence electrons. The number of hydrogen-bond donors (Lipinski definition) is 1. The van der Waals surface area contributed by atoms with Gasteiger partial charge in [-0.15, -0.1) is 0 Å². The van der Waals surface area contributed by atoms with E-state index >= 15 is 0 Å². The van der Waals surface area contributed by atoms with Crippen LogP contribution in [0.2, 0.25) is 5.02 Å². The van der Waals surface area contributed by atoms with Crippen LogP contribution in [0.3, 0.4) is 0 Å². The molecular formula is C13H19ClN2O4S. The number of ether oxygens (including phenoxy) is 2. The van der Waals surface area contributed by atoms with Crippen LogP contribution in [-0.2, 0) is 14.8 Å². The minimum Gasteiger partial charge on any atom is -0.495 e. The third-order valence-corrected chi connectivity index (χ3v) is 4.94. The zero-order valence-corrected chi connectivity index (χ0v) is 13.6. The SMILES string of the molecule is COc1ccc(Cl)cc1S(=O)(=O)NCC1CN(C)CCO1. The molecule has 0 amide bonds. The molecule has 1 aliphatic rings. The molecule has 1 fully saturated rings. The predicted octanol–water partition coefficient (Wildman–Crippen LogP) is 0.958. The van der Waals surface area contributed by atoms with Crippen LogP contribution in [0.4, 0.5) is 0 Å². The monoisotopic (exact) mass is 334 g/mol. The topological polar surface area (TPSA) is 67.9 Å². The van der Waals surface area contributed by atoms with Crippen molar-refractivity contribution in [2.45, 2.75) is 11.0 Å². The van der Waals surface area contributed by atoms with Gasteiger partial charge in [0.25, 0.3) is 0 Å². The van der Waals surface area contributed by atoms with Crippen LogP contribution in [0.5, 0.6) is 5.75 Å². The van der Waals surface area contributed by atoms with E-state index in [1.165, 1.54) is 19.2 Å². The summed E-state index contributed by atoms with van der Waals surface area (Å²) in [7, 11) is -0.306. The summed E-state index contributed by atoms with van der Waals surface area (Å²) in [6, 6.07) is 4.48. The Morgan fingerprint density at radius 2 is 2.29 bits per heavy atom. The van der Waals surface area contributed by atoms with Crippen molar-refractivity contribution < 1.29 is 17.9 Å². The first-order valence-corrected chi connectivity index (χ1v) is 8.42. The fraction of sp³-hybridized carbons (Fsp3) is 0.538. The lowest BCUT2D eigenvalue weighted by Crippen LogP contribution is -2.45. The number of morpholine rings is 1. The summed E-state index contributed by atoms with van der Waals surface area (Å²) in [5.74, 6) is 0.258. The van der Waals surface area contributed by atoms with Crippen LogP contribution >= 0.6 is 11.6 Å². The van der Waals surface area contributed by atoms with Crippen LogP contribution in [0.1, 0.15) is 0 Å². The van der Waals surface area contributed by atoms with Gasteiger partial charge in [0.15, 0.2) is 0 Å². The zero-order valence-electron chi connectivity index (χ0n) is 12.0. The Balaban J connectivity index is 2.09. The molecule has 1 atom stereocenters. The van der Waals surface area contributed by atoms with Gasteiger partial charge in [-0.1, -0.05) is 11.6 Å². The lowest BCUT2D eigenvalue weighted by molar-refractivity contribution is -0.0156. The first kappa shape index (κ1) is 16.5. The standard InChI is InChI=1S/C13H19ClN2O4S/c1-16-5-6-20-11(9-16)8-15-21(17,18)13-7-10(14)3-4-12(13)19-2/h3-4,7,11,15H,5-6,8-9H2,1-2H3. The van der Waals surface area contributed by atoms with Crippen LogP contribution in [0.25, 0.3) is 0 Å². The Morgan fingerprint density at radius 1 is 1.52 bits per heavy atom. The molecule has 0 aromatic heterocycles. The summed E-state index contributed by atoms with van der Waals surface area (Å²) in [6.45, 7) is 2.35. The van der Waals surface area contributed by atoms with Crippen molar-refractivity contribution in [1.82, 2.24) is 9.62 Å². The minimum atomic E-state index is -3.70. The average molecular weight is 335 g/mol. The van der Waals surface area contributed by atoms with Crippen molar-refractivity contribution in [1.29, 1.82) is 0 Å². The first-order chi connectivity index (χ1) is 9.92. The molecule has 1 aromatic carbocycles. The van der Waals surface area contributed by atoms with Gasteiger partial charge in [0.05, 0.1) is 19.8 Å². The predicted molar refractivity (Wildman–Crippen MR) is 80.4 cm³/mol. The van der Waals surface area contributed by atoms with Gasteiger partial charge < -0.3 is 14.4 Å². The van der Waals surface area contributed by atoms with Gasteiger partial charge in [-0.2, -0.15) is 0 Å². The van der Waals surface area contributed by atoms with Crippen molar-refractivity contribution in [2.24, 2.45) is 0 Å². The van der Waals surface area contributed by atoms with E-state index in [-0.39, 0.29) is 23.3 Å². The number of nitrogens with one attached hydrogen (secondary N) is 1. The molecule has 1 unspecified atom stereocenters. The number of benzene rings is 1. The third kappa shape index (κ3) is 4.31. The number of likely N-dealkylation sites (N-methyl/N-ethyl adjacent to an activating group) is 1. The molecule has 0 saturated carbocycles. The normalized spacial score (nSPS) is 20.4. The van der Waals surface area contributed by atoms with Gasteiger partial charge >= 0.3 is 0 Å². The van der Waals surface area contributed by atoms with E-state index in [0.29, 0.717) is 18.2 Å². The van der Waals surface area contributed by atoms with Crippen LogP contribution in [0, 0.1) is 0 Å². The highest BCUT2D eigenvalue weighted by molar-refractivity contribution is 7.89. The highest BCUT2D eigenvalue weighted by Gasteiger charge is 2.23. The molecule has 0 radical (unpaired) electrons. The first-order valence-electron chi connectivity index (χ1n) is 6.56. The quantitative estimate of drug-likeness (QED) is 0.868. The highest BCUT2D eigenvalue weighted by Crippen LogP contribution is 2.26. The fourth-order valence-electron chi connectivity index (χ4n) is 2.13. The van der Waals surface area contributed by atoms with Gasteiger partial charge in [-0.3, -0.25) is 0 Å². The molecule has 1 aliphatic heterocycles. The minimum absolute atomic E-state index is 0.0293. The van der Waals surface area contributed by atoms with Crippen molar-refractivity contribution in [2.75, 3.05) is 40.4 Å². The van der Waals surface area contributed by atoms with E-state index in [9.17, 15) is 8.42 Å². The second-order valence-corrected chi connectivity index (χ2v) is 7.07. The van der Waals surface area contributed by atoms with E-state index in [1.54, 1.807) is 6.07 Å². The Hall–Kier alpha value is -0.860. The molecule has 8 heteroatoms. The van der Waals surface area contributed by atoms with E-state index in [4.69, 9.17) is 21.1 Å². The Morgan fingerprint density at radius 3 is 2.95 bits per heavy atom. The lowest BCUT2D eigenvalue weighted by atomic mass is 10.3. The molecule has 0 aliphatic carbocycles. The maximum atomic E-state index is 12.4. The van der Waals surface area contributed by atoms with Crippen LogP contribution in [-0.4, -0.2) is 59.8 Å². The molecule has 0 spiro atoms. The van der Waals surface area contributed by atoms with Crippen molar-refractivity contribution in [3.63, 3.8) is 0 Å². The van der Waals surface area contributed by atoms with Crippen molar-refractivity contribution in [3.05, 3.63) is 23.2 Å². The molecule has 0 bridgehead atoms. The summed E-state index contributed by atoms with van der Waals surface area (Å²) in [5.41, 5.74) is 0. The Kier molecular flexibility index (Phi) is 5.45. The van der Waals surface area contributed by atoms with Gasteiger partial charge in [-0.05, 0) is 25.2 Å². The third-order valence-electron chi connectivity index (χ3n) is 3.26. The van der Waals surface area contributed by atoms with E-state index < -0.39 is 10.0 Å². The van der Waals surface area contributed by atoms with E-state index in [1.807, 2.05) is 7.05 Å². The molecule has 1 N–H and O–H groups in total. The summed E-state index contributed by atoms with van der Waals surface area (Å²) in [5, 5.41) is 0.338. The number of rotatable bonds is 5. The summed E-state index contributed by atoms with van der Waals surface area (Å²) in [4.78, 5) is 2.13. The summed E-state index contributed by atoms with van der Waals surface area (Å²) < 4.78 is 37.9. The fourth-order valence-corrected chi connectivity index (χ4v) is 3.63. The molecule has 2 rings (SSSR count). The number of halogens is 1. The number of hydrogen-bond acceptors (Lipinski definition) is 5. The molecule has 1 saturated heterocycles.